The van der Waals surface area contributed by atoms with E-state index in [1.807, 2.05) is 25.1 Å². The predicted octanol–water partition coefficient (Wildman–Crippen LogP) is 0.739. The Kier molecular flexibility index (Phi) is 4.78. The lowest BCUT2D eigenvalue weighted by atomic mass is 10.0. The Morgan fingerprint density at radius 1 is 1.55 bits per heavy atom. The van der Waals surface area contributed by atoms with Crippen LogP contribution < -0.4 is 11.1 Å². The van der Waals surface area contributed by atoms with Crippen molar-refractivity contribution < 1.29 is 4.79 Å². The van der Waals surface area contributed by atoms with Crippen molar-refractivity contribution in [3.63, 3.8) is 0 Å². The highest BCUT2D eigenvalue weighted by Crippen LogP contribution is 2.12. The molecule has 1 atom stereocenters. The molecule has 1 aromatic rings. The summed E-state index contributed by atoms with van der Waals surface area (Å²) in [6.45, 7) is 4.25. The van der Waals surface area contributed by atoms with E-state index in [1.165, 1.54) is 0 Å². The molecule has 1 heterocycles. The number of nitrogens with two attached hydrogens (primary N) is 1. The molecule has 1 amide bonds. The van der Waals surface area contributed by atoms with Crippen LogP contribution in [-0.2, 0) is 0 Å². The molecule has 1 fully saturated rings. The van der Waals surface area contributed by atoms with Gasteiger partial charge in [-0.25, -0.2) is 0 Å². The number of nitrogens with one attached hydrogen (secondary N) is 1. The van der Waals surface area contributed by atoms with Crippen LogP contribution in [0.2, 0.25) is 0 Å². The molecule has 0 spiro atoms. The molecule has 106 valence electrons. The molecule has 1 saturated heterocycles. The van der Waals surface area contributed by atoms with Crippen molar-refractivity contribution in [2.24, 2.45) is 5.73 Å². The Hall–Kier alpha value is -1.83. The molecule has 0 aliphatic carbocycles. The Balaban J connectivity index is 2.10. The summed E-state index contributed by atoms with van der Waals surface area (Å²) in [7, 11) is 2.07. The van der Waals surface area contributed by atoms with Gasteiger partial charge in [-0.2, -0.15) is 0 Å². The fraction of sp³-hybridized carbons (Fsp3) is 0.438. The quantitative estimate of drug-likeness (QED) is 0.780. The van der Waals surface area contributed by atoms with E-state index in [2.05, 4.69) is 29.1 Å². The lowest BCUT2D eigenvalue weighted by Gasteiger charge is -2.13. The maximum atomic E-state index is 12.2. The second kappa shape index (κ2) is 6.56. The first-order valence-corrected chi connectivity index (χ1v) is 6.89. The number of aryl methyl sites for hydroxylation is 1. The fourth-order valence-corrected chi connectivity index (χ4v) is 2.37. The highest BCUT2D eigenvalue weighted by atomic mass is 16.1. The molecule has 3 N–H and O–H groups in total. The predicted molar refractivity (Wildman–Crippen MR) is 80.5 cm³/mol. The van der Waals surface area contributed by atoms with Gasteiger partial charge in [0.15, 0.2) is 0 Å². The van der Waals surface area contributed by atoms with Gasteiger partial charge >= 0.3 is 0 Å². The minimum atomic E-state index is -0.0268. The maximum Gasteiger partial charge on any atom is 0.251 e. The van der Waals surface area contributed by atoms with Crippen LogP contribution in [0, 0.1) is 18.8 Å². The van der Waals surface area contributed by atoms with Crippen molar-refractivity contribution in [1.29, 1.82) is 0 Å². The van der Waals surface area contributed by atoms with Gasteiger partial charge in [0.05, 0.1) is 6.54 Å². The third-order valence-electron chi connectivity index (χ3n) is 3.55. The van der Waals surface area contributed by atoms with Gasteiger partial charge in [-0.1, -0.05) is 17.9 Å². The van der Waals surface area contributed by atoms with Gasteiger partial charge in [0.25, 0.3) is 5.91 Å². The Morgan fingerprint density at radius 3 is 3.00 bits per heavy atom. The lowest BCUT2D eigenvalue weighted by molar-refractivity contribution is 0.0938. The number of nitrogens with zero attached hydrogens (tertiary/aromatic N) is 1. The smallest absolute Gasteiger partial charge is 0.251 e. The third kappa shape index (κ3) is 3.60. The van der Waals surface area contributed by atoms with Gasteiger partial charge in [0.2, 0.25) is 0 Å². The largest absolute Gasteiger partial charge is 0.348 e. The van der Waals surface area contributed by atoms with E-state index in [9.17, 15) is 4.79 Å². The number of hydrogen-bond donors (Lipinski definition) is 2. The summed E-state index contributed by atoms with van der Waals surface area (Å²) in [4.78, 5) is 14.5. The highest BCUT2D eigenvalue weighted by molar-refractivity contribution is 5.94. The van der Waals surface area contributed by atoms with Gasteiger partial charge in [-0.15, -0.1) is 0 Å². The summed E-state index contributed by atoms with van der Waals surface area (Å²) in [6.07, 6.45) is 1.01. The number of likely N-dealkylation sites (N-methyl/N-ethyl adjacent to an activating group) is 1. The van der Waals surface area contributed by atoms with E-state index >= 15 is 0 Å². The summed E-state index contributed by atoms with van der Waals surface area (Å²) in [6, 6.07) is 5.85. The monoisotopic (exact) mass is 271 g/mol. The van der Waals surface area contributed by atoms with Crippen molar-refractivity contribution in [2.75, 3.05) is 26.7 Å². The van der Waals surface area contributed by atoms with E-state index < -0.39 is 0 Å². The molecule has 20 heavy (non-hydrogen) atoms. The second-order valence-corrected chi connectivity index (χ2v) is 5.26. The van der Waals surface area contributed by atoms with E-state index in [0.29, 0.717) is 12.1 Å². The van der Waals surface area contributed by atoms with Crippen LogP contribution in [0.4, 0.5) is 0 Å². The van der Waals surface area contributed by atoms with Crippen LogP contribution >= 0.6 is 0 Å². The number of amides is 1. The van der Waals surface area contributed by atoms with Gasteiger partial charge in [0, 0.05) is 23.7 Å². The molecule has 1 unspecified atom stereocenters. The lowest BCUT2D eigenvalue weighted by Crippen LogP contribution is -2.36. The summed E-state index contributed by atoms with van der Waals surface area (Å²) < 4.78 is 0. The maximum absolute atomic E-state index is 12.2. The van der Waals surface area contributed by atoms with Crippen LogP contribution in [0.25, 0.3) is 0 Å². The summed E-state index contributed by atoms with van der Waals surface area (Å²) >= 11 is 0. The topological polar surface area (TPSA) is 58.4 Å². The number of carbonyl (C=O) groups excluding carboxylic acids is 1. The number of rotatable bonds is 2. The molecule has 1 aliphatic rings. The third-order valence-corrected chi connectivity index (χ3v) is 3.55. The first-order chi connectivity index (χ1) is 9.60. The first-order valence-electron chi connectivity index (χ1n) is 6.89. The number of likely N-dealkylation sites (tertiary alicyclic amines) is 1. The summed E-state index contributed by atoms with van der Waals surface area (Å²) in [5, 5.41) is 3.07. The SMILES string of the molecule is Cc1ccc(C(=O)NC2CCN(C)C2)cc1C#CCN. The fourth-order valence-electron chi connectivity index (χ4n) is 2.37. The van der Waals surface area contributed by atoms with Crippen LogP contribution in [-0.4, -0.2) is 43.5 Å². The minimum absolute atomic E-state index is 0.0268. The van der Waals surface area contributed by atoms with Crippen LogP contribution in [0.5, 0.6) is 0 Å². The first kappa shape index (κ1) is 14.6. The zero-order chi connectivity index (χ0) is 14.5. The molecule has 0 radical (unpaired) electrons. The molecule has 4 heteroatoms. The average Bonchev–Trinajstić information content (AvgIpc) is 2.83. The van der Waals surface area contributed by atoms with Gasteiger partial charge < -0.3 is 16.0 Å². The van der Waals surface area contributed by atoms with Gasteiger partial charge in [0.1, 0.15) is 0 Å². The van der Waals surface area contributed by atoms with E-state index in [0.717, 1.165) is 30.6 Å². The van der Waals surface area contributed by atoms with Crippen molar-refractivity contribution in [3.8, 4) is 11.8 Å². The van der Waals surface area contributed by atoms with E-state index in [4.69, 9.17) is 5.73 Å². The molecule has 0 saturated carbocycles. The molecular weight excluding hydrogens is 250 g/mol. The van der Waals surface area contributed by atoms with E-state index in [-0.39, 0.29) is 11.9 Å². The molecule has 0 aromatic heterocycles. The van der Waals surface area contributed by atoms with Crippen molar-refractivity contribution in [3.05, 3.63) is 34.9 Å². The van der Waals surface area contributed by atoms with E-state index in [1.54, 1.807) is 0 Å². The van der Waals surface area contributed by atoms with Crippen molar-refractivity contribution >= 4 is 5.91 Å². The molecule has 1 aliphatic heterocycles. The van der Waals surface area contributed by atoms with Crippen molar-refractivity contribution in [2.45, 2.75) is 19.4 Å². The molecular formula is C16H21N3O. The molecule has 2 rings (SSSR count). The zero-order valence-electron chi connectivity index (χ0n) is 12.1. The number of benzene rings is 1. The molecule has 4 nitrogen and oxygen atoms in total. The Labute approximate surface area is 120 Å². The number of hydrogen-bond acceptors (Lipinski definition) is 3. The van der Waals surface area contributed by atoms with Gasteiger partial charge in [-0.05, 0) is 44.6 Å². The normalized spacial score (nSPS) is 18.4. The Bertz CT molecular complexity index is 557. The Morgan fingerprint density at radius 2 is 2.35 bits per heavy atom. The average molecular weight is 271 g/mol. The standard InChI is InChI=1S/C16H21N3O/c1-12-5-6-14(10-13(12)4-3-8-17)16(20)18-15-7-9-19(2)11-15/h5-6,10,15H,7-9,11,17H2,1-2H3,(H,18,20). The summed E-state index contributed by atoms with van der Waals surface area (Å²) in [5.41, 5.74) is 7.97. The minimum Gasteiger partial charge on any atom is -0.348 e. The highest BCUT2D eigenvalue weighted by Gasteiger charge is 2.21. The van der Waals surface area contributed by atoms with Crippen LogP contribution in [0.15, 0.2) is 18.2 Å². The van der Waals surface area contributed by atoms with Crippen molar-refractivity contribution in [1.82, 2.24) is 10.2 Å². The van der Waals surface area contributed by atoms with Gasteiger partial charge in [-0.3, -0.25) is 4.79 Å². The van der Waals surface area contributed by atoms with Crippen LogP contribution in [0.1, 0.15) is 27.9 Å². The molecule has 1 aromatic carbocycles. The number of carbonyl (C=O) groups is 1. The summed E-state index contributed by atoms with van der Waals surface area (Å²) in [5.74, 6) is 5.81. The zero-order valence-corrected chi connectivity index (χ0v) is 12.1. The van der Waals surface area contributed by atoms with Crippen LogP contribution in [0.3, 0.4) is 0 Å². The second-order valence-electron chi connectivity index (χ2n) is 5.26. The molecule has 0 bridgehead atoms.